The first-order valence-electron chi connectivity index (χ1n) is 9.63. The summed E-state index contributed by atoms with van der Waals surface area (Å²) in [7, 11) is 0. The number of ketones is 1. The third-order valence-electron chi connectivity index (χ3n) is 5.16. The number of piperazine rings is 1. The van der Waals surface area contributed by atoms with Gasteiger partial charge in [-0.3, -0.25) is 14.5 Å². The van der Waals surface area contributed by atoms with Gasteiger partial charge in [-0.15, -0.1) is 0 Å². The summed E-state index contributed by atoms with van der Waals surface area (Å²) in [6, 6.07) is 9.46. The van der Waals surface area contributed by atoms with Crippen molar-refractivity contribution in [3.8, 4) is 0 Å². The molecule has 1 aliphatic heterocycles. The molecular formula is C22H25F2N3O2. The molecule has 0 atom stereocenters. The van der Waals surface area contributed by atoms with Crippen LogP contribution in [0.5, 0.6) is 0 Å². The van der Waals surface area contributed by atoms with Crippen LogP contribution in [0, 0.1) is 18.6 Å². The van der Waals surface area contributed by atoms with Gasteiger partial charge < -0.3 is 10.2 Å². The van der Waals surface area contributed by atoms with Gasteiger partial charge in [-0.05, 0) is 49.2 Å². The van der Waals surface area contributed by atoms with Crippen LogP contribution in [0.15, 0.2) is 36.4 Å². The second-order valence-corrected chi connectivity index (χ2v) is 7.35. The van der Waals surface area contributed by atoms with Gasteiger partial charge >= 0.3 is 0 Å². The maximum Gasteiger partial charge on any atom is 0.234 e. The summed E-state index contributed by atoms with van der Waals surface area (Å²) in [4.78, 5) is 27.5. The van der Waals surface area contributed by atoms with Crippen LogP contribution in [-0.2, 0) is 11.3 Å². The van der Waals surface area contributed by atoms with E-state index in [0.29, 0.717) is 43.0 Å². The molecule has 0 aromatic heterocycles. The Morgan fingerprint density at radius 1 is 1.00 bits per heavy atom. The lowest BCUT2D eigenvalue weighted by Gasteiger charge is -2.35. The van der Waals surface area contributed by atoms with Crippen molar-refractivity contribution in [2.24, 2.45) is 0 Å². The minimum atomic E-state index is -0.408. The second-order valence-electron chi connectivity index (χ2n) is 7.35. The van der Waals surface area contributed by atoms with Crippen molar-refractivity contribution in [2.75, 3.05) is 37.6 Å². The molecule has 0 saturated carbocycles. The molecule has 29 heavy (non-hydrogen) atoms. The molecule has 7 heteroatoms. The summed E-state index contributed by atoms with van der Waals surface area (Å²) < 4.78 is 27.9. The van der Waals surface area contributed by atoms with Crippen LogP contribution in [-0.4, -0.2) is 49.3 Å². The van der Waals surface area contributed by atoms with Crippen molar-refractivity contribution < 1.29 is 18.4 Å². The van der Waals surface area contributed by atoms with Gasteiger partial charge in [-0.25, -0.2) is 8.78 Å². The van der Waals surface area contributed by atoms with Crippen LogP contribution < -0.4 is 10.2 Å². The number of halogens is 2. The molecule has 1 fully saturated rings. The molecule has 2 aromatic rings. The number of benzene rings is 2. The van der Waals surface area contributed by atoms with Crippen LogP contribution in [0.25, 0.3) is 0 Å². The van der Waals surface area contributed by atoms with Crippen molar-refractivity contribution >= 4 is 17.4 Å². The number of nitrogens with zero attached hydrogens (tertiary/aromatic N) is 2. The number of carbonyl (C=O) groups excluding carboxylic acids is 2. The topological polar surface area (TPSA) is 52.7 Å². The molecule has 0 spiro atoms. The van der Waals surface area contributed by atoms with E-state index in [0.717, 1.165) is 5.56 Å². The second kappa shape index (κ2) is 9.13. The zero-order valence-corrected chi connectivity index (χ0v) is 16.7. The lowest BCUT2D eigenvalue weighted by molar-refractivity contribution is -0.122. The van der Waals surface area contributed by atoms with Gasteiger partial charge in [0.2, 0.25) is 5.91 Å². The van der Waals surface area contributed by atoms with E-state index in [1.54, 1.807) is 31.2 Å². The lowest BCUT2D eigenvalue weighted by atomic mass is 10.1. The molecule has 0 radical (unpaired) electrons. The minimum Gasteiger partial charge on any atom is -0.367 e. The van der Waals surface area contributed by atoms with E-state index in [4.69, 9.17) is 0 Å². The molecule has 5 nitrogen and oxygen atoms in total. The summed E-state index contributed by atoms with van der Waals surface area (Å²) in [6.45, 7) is 6.06. The number of nitrogens with one attached hydrogen (secondary N) is 1. The standard InChI is InChI=1S/C22H25F2N3O2/c1-15-3-4-17(11-19(15)23)13-25-22(29)14-26-7-9-27(10-8-26)21-6-5-18(16(2)28)12-20(21)24/h3-6,11-12H,7-10,13-14H2,1-2H3,(H,25,29). The van der Waals surface area contributed by atoms with Gasteiger partial charge in [0.05, 0.1) is 12.2 Å². The Balaban J connectivity index is 1.47. The number of aryl methyl sites for hydroxylation is 1. The Labute approximate surface area is 169 Å². The minimum absolute atomic E-state index is 0.128. The summed E-state index contributed by atoms with van der Waals surface area (Å²) in [6.07, 6.45) is 0. The number of hydrogen-bond acceptors (Lipinski definition) is 4. The van der Waals surface area contributed by atoms with E-state index in [2.05, 4.69) is 5.32 Å². The Hall–Kier alpha value is -2.80. The Kier molecular flexibility index (Phi) is 6.59. The molecule has 1 heterocycles. The van der Waals surface area contributed by atoms with Crippen molar-refractivity contribution in [1.29, 1.82) is 0 Å². The van der Waals surface area contributed by atoms with E-state index < -0.39 is 5.82 Å². The molecule has 1 amide bonds. The van der Waals surface area contributed by atoms with Gasteiger partial charge in [-0.2, -0.15) is 0 Å². The highest BCUT2D eigenvalue weighted by molar-refractivity contribution is 5.94. The Bertz CT molecular complexity index is 909. The third-order valence-corrected chi connectivity index (χ3v) is 5.16. The Morgan fingerprint density at radius 3 is 2.34 bits per heavy atom. The molecule has 2 aromatic carbocycles. The smallest absolute Gasteiger partial charge is 0.234 e. The van der Waals surface area contributed by atoms with Gasteiger partial charge in [0.15, 0.2) is 5.78 Å². The van der Waals surface area contributed by atoms with Gasteiger partial charge in [0.1, 0.15) is 11.6 Å². The number of carbonyl (C=O) groups is 2. The fourth-order valence-electron chi connectivity index (χ4n) is 3.34. The third kappa shape index (κ3) is 5.38. The van der Waals surface area contributed by atoms with E-state index >= 15 is 0 Å². The summed E-state index contributed by atoms with van der Waals surface area (Å²) in [5.74, 6) is -0.984. The molecule has 1 aliphatic rings. The van der Waals surface area contributed by atoms with Crippen molar-refractivity contribution in [3.05, 3.63) is 64.7 Å². The number of hydrogen-bond donors (Lipinski definition) is 1. The molecule has 154 valence electrons. The summed E-state index contributed by atoms with van der Waals surface area (Å²) in [5, 5.41) is 2.81. The number of anilines is 1. The fraction of sp³-hybridized carbons (Fsp3) is 0.364. The predicted octanol–water partition coefficient (Wildman–Crippen LogP) is 2.91. The predicted molar refractivity (Wildman–Crippen MR) is 108 cm³/mol. The van der Waals surface area contributed by atoms with Gasteiger partial charge in [-0.1, -0.05) is 12.1 Å². The maximum atomic E-state index is 14.3. The van der Waals surface area contributed by atoms with Crippen LogP contribution in [0.2, 0.25) is 0 Å². The highest BCUT2D eigenvalue weighted by Gasteiger charge is 2.21. The molecular weight excluding hydrogens is 376 g/mol. The quantitative estimate of drug-likeness (QED) is 0.757. The first kappa shape index (κ1) is 20.9. The van der Waals surface area contributed by atoms with E-state index in [1.807, 2.05) is 9.80 Å². The maximum absolute atomic E-state index is 14.3. The highest BCUT2D eigenvalue weighted by Crippen LogP contribution is 2.22. The van der Waals surface area contributed by atoms with Crippen LogP contribution in [0.3, 0.4) is 0 Å². The molecule has 1 saturated heterocycles. The average Bonchev–Trinajstić information content (AvgIpc) is 2.69. The number of rotatable bonds is 6. The lowest BCUT2D eigenvalue weighted by Crippen LogP contribution is -2.49. The van der Waals surface area contributed by atoms with Gasteiger partial charge in [0, 0.05) is 38.3 Å². The molecule has 1 N–H and O–H groups in total. The van der Waals surface area contributed by atoms with E-state index in [9.17, 15) is 18.4 Å². The first-order chi connectivity index (χ1) is 13.8. The summed E-state index contributed by atoms with van der Waals surface area (Å²) >= 11 is 0. The monoisotopic (exact) mass is 401 g/mol. The molecule has 0 unspecified atom stereocenters. The van der Waals surface area contributed by atoms with Crippen LogP contribution in [0.1, 0.15) is 28.4 Å². The largest absolute Gasteiger partial charge is 0.367 e. The first-order valence-corrected chi connectivity index (χ1v) is 9.63. The zero-order chi connectivity index (χ0) is 21.0. The zero-order valence-electron chi connectivity index (χ0n) is 16.7. The van der Waals surface area contributed by atoms with Crippen LogP contribution >= 0.6 is 0 Å². The number of Topliss-reactive ketones (excluding diaryl/α,β-unsaturated/α-hetero) is 1. The van der Waals surface area contributed by atoms with Crippen molar-refractivity contribution in [3.63, 3.8) is 0 Å². The van der Waals surface area contributed by atoms with Crippen molar-refractivity contribution in [2.45, 2.75) is 20.4 Å². The molecule has 0 aliphatic carbocycles. The average molecular weight is 401 g/mol. The summed E-state index contributed by atoms with van der Waals surface area (Å²) in [5.41, 5.74) is 2.12. The van der Waals surface area contributed by atoms with Gasteiger partial charge in [0.25, 0.3) is 0 Å². The molecule has 0 bridgehead atoms. The Morgan fingerprint density at radius 2 is 1.72 bits per heavy atom. The van der Waals surface area contributed by atoms with Crippen molar-refractivity contribution in [1.82, 2.24) is 10.2 Å². The highest BCUT2D eigenvalue weighted by atomic mass is 19.1. The normalized spacial score (nSPS) is 14.7. The SMILES string of the molecule is CC(=O)c1ccc(N2CCN(CC(=O)NCc3ccc(C)c(F)c3)CC2)c(F)c1. The van der Waals surface area contributed by atoms with E-state index in [-0.39, 0.29) is 30.6 Å². The van der Waals surface area contributed by atoms with E-state index in [1.165, 1.54) is 19.1 Å². The fourth-order valence-corrected chi connectivity index (χ4v) is 3.34. The number of amides is 1. The van der Waals surface area contributed by atoms with Crippen LogP contribution in [0.4, 0.5) is 14.5 Å². The molecule has 3 rings (SSSR count).